The highest BCUT2D eigenvalue weighted by molar-refractivity contribution is 5.07. The van der Waals surface area contributed by atoms with Gasteiger partial charge in [-0.15, -0.1) is 0 Å². The lowest BCUT2D eigenvalue weighted by Crippen LogP contribution is -2.42. The smallest absolute Gasteiger partial charge is 0.387 e. The first kappa shape index (κ1) is 16.2. The predicted molar refractivity (Wildman–Crippen MR) is 69.0 cm³/mol. The van der Waals surface area contributed by atoms with Gasteiger partial charge in [-0.05, 0) is 37.9 Å². The van der Waals surface area contributed by atoms with Crippen LogP contribution in [0.25, 0.3) is 0 Å². The minimum absolute atomic E-state index is 0.0208. The topological polar surface area (TPSA) is 36.4 Å². The van der Waals surface area contributed by atoms with Crippen LogP contribution < -0.4 is 0 Å². The number of rotatable bonds is 4. The molecule has 0 amide bonds. The van der Waals surface area contributed by atoms with E-state index in [2.05, 4.69) is 4.98 Å². The molecule has 1 aromatic rings. The van der Waals surface area contributed by atoms with E-state index in [0.717, 1.165) is 6.20 Å². The number of aliphatic hydroxyl groups is 1. The maximum atomic E-state index is 12.7. The van der Waals surface area contributed by atoms with Crippen LogP contribution in [0.15, 0.2) is 18.3 Å². The zero-order chi connectivity index (χ0) is 15.5. The minimum atomic E-state index is -4.16. The number of alkyl halides is 3. The second-order valence-electron chi connectivity index (χ2n) is 5.39. The van der Waals surface area contributed by atoms with E-state index in [0.29, 0.717) is 25.2 Å². The number of hydrogen-bond acceptors (Lipinski definition) is 3. The highest BCUT2D eigenvalue weighted by Crippen LogP contribution is 2.33. The third-order valence-corrected chi connectivity index (χ3v) is 3.78. The third-order valence-electron chi connectivity index (χ3n) is 3.78. The Labute approximate surface area is 120 Å². The molecular formula is C14H18F4N2O. The second kappa shape index (κ2) is 6.70. The summed E-state index contributed by atoms with van der Waals surface area (Å²) in [6.07, 6.45) is -3.08. The molecule has 0 bridgehead atoms. The summed E-state index contributed by atoms with van der Waals surface area (Å²) in [6.45, 7) is 0.954. The normalized spacial score (nSPS) is 22.2. The Hall–Kier alpha value is -1.21. The Balaban J connectivity index is 1.83. The predicted octanol–water partition coefficient (Wildman–Crippen LogP) is 2.92. The largest absolute Gasteiger partial charge is 0.393 e. The highest BCUT2D eigenvalue weighted by atomic mass is 19.4. The lowest BCUT2D eigenvalue weighted by Gasteiger charge is -2.34. The molecule has 1 aliphatic rings. The Morgan fingerprint density at radius 3 is 2.76 bits per heavy atom. The number of aliphatic hydroxyl groups excluding tert-OH is 1. The highest BCUT2D eigenvalue weighted by Gasteiger charge is 2.41. The number of pyridine rings is 1. The summed E-state index contributed by atoms with van der Waals surface area (Å²) in [6, 6.07) is 2.58. The van der Waals surface area contributed by atoms with Crippen LogP contribution in [0.5, 0.6) is 0 Å². The van der Waals surface area contributed by atoms with Gasteiger partial charge in [0.1, 0.15) is 5.82 Å². The molecule has 1 saturated heterocycles. The first-order chi connectivity index (χ1) is 9.86. The molecule has 21 heavy (non-hydrogen) atoms. The summed E-state index contributed by atoms with van der Waals surface area (Å²) in [7, 11) is 0. The van der Waals surface area contributed by atoms with Gasteiger partial charge >= 0.3 is 6.18 Å². The Morgan fingerprint density at radius 1 is 1.38 bits per heavy atom. The fourth-order valence-electron chi connectivity index (χ4n) is 2.56. The van der Waals surface area contributed by atoms with Crippen LogP contribution in [0, 0.1) is 11.7 Å². The molecule has 0 radical (unpaired) electrons. The van der Waals surface area contributed by atoms with Crippen molar-refractivity contribution < 1.29 is 22.7 Å². The van der Waals surface area contributed by atoms with E-state index in [4.69, 9.17) is 0 Å². The van der Waals surface area contributed by atoms with Gasteiger partial charge in [-0.1, -0.05) is 0 Å². The zero-order valence-electron chi connectivity index (χ0n) is 11.5. The van der Waals surface area contributed by atoms with Crippen LogP contribution >= 0.6 is 0 Å². The zero-order valence-corrected chi connectivity index (χ0v) is 11.5. The van der Waals surface area contributed by atoms with Crippen molar-refractivity contribution in [3.8, 4) is 0 Å². The van der Waals surface area contributed by atoms with Crippen LogP contribution in [0.2, 0.25) is 0 Å². The number of halogens is 4. The summed E-state index contributed by atoms with van der Waals surface area (Å²) >= 11 is 0. The van der Waals surface area contributed by atoms with Crippen molar-refractivity contribution in [3.05, 3.63) is 29.8 Å². The van der Waals surface area contributed by atoms with Crippen LogP contribution in [0.1, 0.15) is 31.1 Å². The third kappa shape index (κ3) is 4.64. The molecule has 2 atom stereocenters. The van der Waals surface area contributed by atoms with E-state index in [1.165, 1.54) is 12.1 Å². The van der Waals surface area contributed by atoms with Crippen LogP contribution in [-0.2, 0) is 0 Å². The molecule has 0 aromatic carbocycles. The van der Waals surface area contributed by atoms with Gasteiger partial charge in [-0.2, -0.15) is 13.2 Å². The summed E-state index contributed by atoms with van der Waals surface area (Å²) in [5.74, 6) is -1.78. The Morgan fingerprint density at radius 2 is 2.14 bits per heavy atom. The first-order valence-corrected chi connectivity index (χ1v) is 6.95. The number of likely N-dealkylation sites (tertiary alicyclic amines) is 1. The van der Waals surface area contributed by atoms with E-state index in [1.54, 1.807) is 4.90 Å². The van der Waals surface area contributed by atoms with Crippen molar-refractivity contribution in [2.45, 2.75) is 31.5 Å². The quantitative estimate of drug-likeness (QED) is 0.869. The molecule has 1 N–H and O–H groups in total. The Bertz CT molecular complexity index is 449. The lowest BCUT2D eigenvalue weighted by molar-refractivity contribution is -0.186. The summed E-state index contributed by atoms with van der Waals surface area (Å²) < 4.78 is 50.8. The van der Waals surface area contributed by atoms with E-state index in [-0.39, 0.29) is 19.4 Å². The van der Waals surface area contributed by atoms with Crippen molar-refractivity contribution in [1.29, 1.82) is 0 Å². The molecule has 7 heteroatoms. The molecule has 0 spiro atoms. The SMILES string of the molecule is OC(CCN1CCCC(C(F)(F)F)C1)c1ccc(F)cn1. The van der Waals surface area contributed by atoms with Gasteiger partial charge in [-0.25, -0.2) is 4.39 Å². The van der Waals surface area contributed by atoms with Gasteiger partial charge in [-0.3, -0.25) is 4.98 Å². The molecule has 2 unspecified atom stereocenters. The van der Waals surface area contributed by atoms with E-state index in [1.807, 2.05) is 0 Å². The number of aromatic nitrogens is 1. The van der Waals surface area contributed by atoms with Crippen LogP contribution in [0.3, 0.4) is 0 Å². The summed E-state index contributed by atoms with van der Waals surface area (Å²) in [5.41, 5.74) is 0.334. The molecule has 1 aliphatic heterocycles. The Kier molecular flexibility index (Phi) is 5.16. The maximum Gasteiger partial charge on any atom is 0.393 e. The molecule has 2 rings (SSSR count). The van der Waals surface area contributed by atoms with Crippen molar-refractivity contribution >= 4 is 0 Å². The average Bonchev–Trinajstić information content (AvgIpc) is 2.45. The summed E-state index contributed by atoms with van der Waals surface area (Å²) in [4.78, 5) is 5.49. The monoisotopic (exact) mass is 306 g/mol. The molecule has 0 aliphatic carbocycles. The van der Waals surface area contributed by atoms with Gasteiger partial charge in [0.05, 0.1) is 23.9 Å². The van der Waals surface area contributed by atoms with Crippen molar-refractivity contribution in [3.63, 3.8) is 0 Å². The van der Waals surface area contributed by atoms with Crippen LogP contribution in [0.4, 0.5) is 17.6 Å². The molecule has 0 saturated carbocycles. The molecule has 3 nitrogen and oxygen atoms in total. The van der Waals surface area contributed by atoms with Crippen molar-refractivity contribution in [2.75, 3.05) is 19.6 Å². The molecule has 1 aromatic heterocycles. The first-order valence-electron chi connectivity index (χ1n) is 6.95. The van der Waals surface area contributed by atoms with Gasteiger partial charge < -0.3 is 10.0 Å². The van der Waals surface area contributed by atoms with Gasteiger partial charge in [0, 0.05) is 13.1 Å². The molecule has 1 fully saturated rings. The maximum absolute atomic E-state index is 12.7. The minimum Gasteiger partial charge on any atom is -0.387 e. The standard InChI is InChI=1S/C14H18F4N2O/c15-11-3-4-12(19-8-11)13(21)5-7-20-6-1-2-10(9-20)14(16,17)18/h3-4,8,10,13,21H,1-2,5-7,9H2. The van der Waals surface area contributed by atoms with Gasteiger partial charge in [0.15, 0.2) is 0 Å². The fraction of sp³-hybridized carbons (Fsp3) is 0.643. The van der Waals surface area contributed by atoms with Gasteiger partial charge in [0.2, 0.25) is 0 Å². The average molecular weight is 306 g/mol. The summed E-state index contributed by atoms with van der Waals surface area (Å²) in [5, 5.41) is 9.93. The number of nitrogens with zero attached hydrogens (tertiary/aromatic N) is 2. The second-order valence-corrected chi connectivity index (χ2v) is 5.39. The van der Waals surface area contributed by atoms with E-state index >= 15 is 0 Å². The lowest BCUT2D eigenvalue weighted by atomic mass is 9.97. The van der Waals surface area contributed by atoms with Crippen molar-refractivity contribution in [2.24, 2.45) is 5.92 Å². The van der Waals surface area contributed by atoms with Crippen molar-refractivity contribution in [1.82, 2.24) is 9.88 Å². The molecule has 2 heterocycles. The van der Waals surface area contributed by atoms with E-state index < -0.39 is 24.0 Å². The van der Waals surface area contributed by atoms with Gasteiger partial charge in [0.25, 0.3) is 0 Å². The van der Waals surface area contributed by atoms with E-state index in [9.17, 15) is 22.7 Å². The van der Waals surface area contributed by atoms with Crippen LogP contribution in [-0.4, -0.2) is 40.8 Å². The molecule has 118 valence electrons. The number of piperidine rings is 1. The molecular weight excluding hydrogens is 288 g/mol. The fourth-order valence-corrected chi connectivity index (χ4v) is 2.56. The number of hydrogen-bond donors (Lipinski definition) is 1.